The third-order valence-corrected chi connectivity index (χ3v) is 4.91. The van der Waals surface area contributed by atoms with Gasteiger partial charge in [0, 0.05) is 0 Å². The molecule has 0 aromatic heterocycles. The van der Waals surface area contributed by atoms with E-state index in [1.807, 2.05) is 12.1 Å². The molecule has 0 saturated heterocycles. The highest BCUT2D eigenvalue weighted by Crippen LogP contribution is 2.47. The van der Waals surface area contributed by atoms with Crippen molar-refractivity contribution < 1.29 is 9.90 Å². The Balaban J connectivity index is 2.02. The normalized spacial score (nSPS) is 24.9. The van der Waals surface area contributed by atoms with E-state index in [9.17, 15) is 9.90 Å². The smallest absolute Gasteiger partial charge is 0.307 e. The monoisotopic (exact) mass is 282 g/mol. The Bertz CT molecular complexity index is 672. The van der Waals surface area contributed by atoms with Crippen molar-refractivity contribution in [3.63, 3.8) is 0 Å². The molecule has 2 atom stereocenters. The van der Waals surface area contributed by atoms with Gasteiger partial charge in [-0.25, -0.2) is 0 Å². The van der Waals surface area contributed by atoms with E-state index in [-0.39, 0.29) is 17.3 Å². The maximum atomic E-state index is 11.6. The lowest BCUT2D eigenvalue weighted by Gasteiger charge is -2.39. The number of fused-ring (bicyclic) bond motifs is 1. The highest BCUT2D eigenvalue weighted by atomic mass is 16.4. The molecule has 0 aliphatic heterocycles. The van der Waals surface area contributed by atoms with Crippen molar-refractivity contribution in [2.75, 3.05) is 0 Å². The summed E-state index contributed by atoms with van der Waals surface area (Å²) in [6.45, 7) is 4.50. The van der Waals surface area contributed by atoms with Crippen LogP contribution in [0, 0.1) is 11.3 Å². The molecule has 0 amide bonds. The van der Waals surface area contributed by atoms with E-state index in [0.717, 1.165) is 19.3 Å². The predicted molar refractivity (Wildman–Crippen MR) is 85.4 cm³/mol. The van der Waals surface area contributed by atoms with Crippen LogP contribution < -0.4 is 0 Å². The van der Waals surface area contributed by atoms with Gasteiger partial charge >= 0.3 is 5.97 Å². The van der Waals surface area contributed by atoms with Gasteiger partial charge in [0.05, 0.1) is 5.92 Å². The molecule has 0 radical (unpaired) electrons. The Kier molecular flexibility index (Phi) is 3.48. The van der Waals surface area contributed by atoms with E-state index in [0.29, 0.717) is 0 Å². The van der Waals surface area contributed by atoms with Gasteiger partial charge in [0.15, 0.2) is 0 Å². The highest BCUT2D eigenvalue weighted by Gasteiger charge is 2.39. The molecule has 2 aromatic carbocycles. The summed E-state index contributed by atoms with van der Waals surface area (Å²) >= 11 is 0. The summed E-state index contributed by atoms with van der Waals surface area (Å²) in [7, 11) is 0. The number of carboxylic acids is 1. The van der Waals surface area contributed by atoms with E-state index in [1.54, 1.807) is 0 Å². The minimum Gasteiger partial charge on any atom is -0.481 e. The molecular weight excluding hydrogens is 260 g/mol. The van der Waals surface area contributed by atoms with Crippen molar-refractivity contribution in [2.45, 2.75) is 39.0 Å². The standard InChI is InChI=1S/C19H22O2/c1-19(2)10-9-16(18(20)21)17(12-19)15-8-7-13-5-3-4-6-14(13)11-15/h3-8,11,16-17H,9-10,12H2,1-2H3,(H,20,21). The Morgan fingerprint density at radius 1 is 1.14 bits per heavy atom. The summed E-state index contributed by atoms with van der Waals surface area (Å²) < 4.78 is 0. The SMILES string of the molecule is CC1(C)CCC(C(=O)O)C(c2ccc3ccccc3c2)C1. The summed E-state index contributed by atoms with van der Waals surface area (Å²) in [5.74, 6) is -0.779. The van der Waals surface area contributed by atoms with Crippen molar-refractivity contribution in [1.82, 2.24) is 0 Å². The first-order valence-electron chi connectivity index (χ1n) is 7.68. The lowest BCUT2D eigenvalue weighted by Crippen LogP contribution is -2.32. The summed E-state index contributed by atoms with van der Waals surface area (Å²) in [5, 5.41) is 12.0. The molecule has 1 fully saturated rings. The number of rotatable bonds is 2. The van der Waals surface area contributed by atoms with Gasteiger partial charge in [-0.3, -0.25) is 4.79 Å². The minimum atomic E-state index is -0.649. The van der Waals surface area contributed by atoms with Crippen LogP contribution in [-0.4, -0.2) is 11.1 Å². The largest absolute Gasteiger partial charge is 0.481 e. The van der Waals surface area contributed by atoms with Gasteiger partial charge in [0.2, 0.25) is 0 Å². The molecule has 21 heavy (non-hydrogen) atoms. The fraction of sp³-hybridized carbons (Fsp3) is 0.421. The molecule has 0 bridgehead atoms. The first kappa shape index (κ1) is 14.1. The van der Waals surface area contributed by atoms with Crippen molar-refractivity contribution in [3.8, 4) is 0 Å². The van der Waals surface area contributed by atoms with E-state index in [4.69, 9.17) is 0 Å². The quantitative estimate of drug-likeness (QED) is 0.856. The third kappa shape index (κ3) is 2.80. The summed E-state index contributed by atoms with van der Waals surface area (Å²) in [6.07, 6.45) is 2.72. The first-order valence-corrected chi connectivity index (χ1v) is 7.68. The molecule has 0 heterocycles. The van der Waals surface area contributed by atoms with Gasteiger partial charge < -0.3 is 5.11 Å². The van der Waals surface area contributed by atoms with E-state index < -0.39 is 5.97 Å². The van der Waals surface area contributed by atoms with Crippen LogP contribution in [0.15, 0.2) is 42.5 Å². The van der Waals surface area contributed by atoms with Gasteiger partial charge in [0.1, 0.15) is 0 Å². The molecule has 0 spiro atoms. The molecule has 2 heteroatoms. The van der Waals surface area contributed by atoms with E-state index in [1.165, 1.54) is 16.3 Å². The van der Waals surface area contributed by atoms with Crippen LogP contribution in [0.2, 0.25) is 0 Å². The van der Waals surface area contributed by atoms with Gasteiger partial charge in [0.25, 0.3) is 0 Å². The van der Waals surface area contributed by atoms with Crippen LogP contribution in [0.1, 0.15) is 44.6 Å². The molecule has 2 nitrogen and oxygen atoms in total. The van der Waals surface area contributed by atoms with Gasteiger partial charge in [-0.05, 0) is 46.9 Å². The average molecular weight is 282 g/mol. The maximum absolute atomic E-state index is 11.6. The zero-order valence-corrected chi connectivity index (χ0v) is 12.7. The van der Waals surface area contributed by atoms with Crippen molar-refractivity contribution in [2.24, 2.45) is 11.3 Å². The summed E-state index contributed by atoms with van der Waals surface area (Å²) in [5.41, 5.74) is 1.40. The lowest BCUT2D eigenvalue weighted by molar-refractivity contribution is -0.144. The molecular formula is C19H22O2. The number of benzene rings is 2. The molecule has 1 aliphatic carbocycles. The molecule has 2 unspecified atom stereocenters. The Hall–Kier alpha value is -1.83. The summed E-state index contributed by atoms with van der Waals surface area (Å²) in [4.78, 5) is 11.6. The van der Waals surface area contributed by atoms with Gasteiger partial charge in [-0.2, -0.15) is 0 Å². The molecule has 1 N–H and O–H groups in total. The molecule has 110 valence electrons. The zero-order valence-electron chi connectivity index (χ0n) is 12.7. The second-order valence-corrected chi connectivity index (χ2v) is 7.06. The fourth-order valence-electron chi connectivity index (χ4n) is 3.67. The van der Waals surface area contributed by atoms with Crippen molar-refractivity contribution in [3.05, 3.63) is 48.0 Å². The Labute approximate surface area is 125 Å². The van der Waals surface area contributed by atoms with Gasteiger partial charge in [-0.15, -0.1) is 0 Å². The number of carboxylic acid groups (broad SMARTS) is 1. The molecule has 3 rings (SSSR count). The van der Waals surface area contributed by atoms with Crippen LogP contribution in [0.25, 0.3) is 10.8 Å². The first-order chi connectivity index (χ1) is 9.96. The summed E-state index contributed by atoms with van der Waals surface area (Å²) in [6, 6.07) is 14.7. The van der Waals surface area contributed by atoms with Crippen LogP contribution in [-0.2, 0) is 4.79 Å². The highest BCUT2D eigenvalue weighted by molar-refractivity contribution is 5.83. The van der Waals surface area contributed by atoms with Crippen LogP contribution in [0.3, 0.4) is 0 Å². The second kappa shape index (κ2) is 5.18. The molecule has 1 saturated carbocycles. The zero-order chi connectivity index (χ0) is 15.0. The number of aliphatic carboxylic acids is 1. The molecule has 1 aliphatic rings. The molecule has 2 aromatic rings. The minimum absolute atomic E-state index is 0.121. The Morgan fingerprint density at radius 3 is 2.57 bits per heavy atom. The topological polar surface area (TPSA) is 37.3 Å². The average Bonchev–Trinajstić information content (AvgIpc) is 2.45. The second-order valence-electron chi connectivity index (χ2n) is 7.06. The number of hydrogen-bond donors (Lipinski definition) is 1. The van der Waals surface area contributed by atoms with Crippen LogP contribution in [0.5, 0.6) is 0 Å². The lowest BCUT2D eigenvalue weighted by atomic mass is 9.65. The number of carbonyl (C=O) groups is 1. The van der Waals surface area contributed by atoms with E-state index in [2.05, 4.69) is 44.2 Å². The Morgan fingerprint density at radius 2 is 1.86 bits per heavy atom. The predicted octanol–water partition coefficient (Wildman–Crippen LogP) is 4.83. The van der Waals surface area contributed by atoms with E-state index >= 15 is 0 Å². The number of hydrogen-bond acceptors (Lipinski definition) is 1. The van der Waals surface area contributed by atoms with Crippen molar-refractivity contribution >= 4 is 16.7 Å². The van der Waals surface area contributed by atoms with Crippen LogP contribution in [0.4, 0.5) is 0 Å². The van der Waals surface area contributed by atoms with Gasteiger partial charge in [-0.1, -0.05) is 56.3 Å². The van der Waals surface area contributed by atoms with Crippen molar-refractivity contribution in [1.29, 1.82) is 0 Å². The fourth-order valence-corrected chi connectivity index (χ4v) is 3.67. The third-order valence-electron chi connectivity index (χ3n) is 4.91. The van der Waals surface area contributed by atoms with Crippen LogP contribution >= 0.6 is 0 Å². The maximum Gasteiger partial charge on any atom is 0.307 e.